The number of aromatic nitrogens is 2. The van der Waals surface area contributed by atoms with E-state index in [9.17, 15) is 9.59 Å². The Morgan fingerprint density at radius 3 is 2.86 bits per heavy atom. The van der Waals surface area contributed by atoms with E-state index in [2.05, 4.69) is 15.5 Å². The first kappa shape index (κ1) is 14.3. The van der Waals surface area contributed by atoms with Crippen LogP contribution in [0.5, 0.6) is 0 Å². The van der Waals surface area contributed by atoms with Crippen LogP contribution in [0.3, 0.4) is 0 Å². The van der Waals surface area contributed by atoms with Gasteiger partial charge < -0.3 is 5.32 Å². The number of fused-ring (bicyclic) bond motifs is 1. The summed E-state index contributed by atoms with van der Waals surface area (Å²) in [5.41, 5.74) is 1.82. The molecule has 2 amide bonds. The summed E-state index contributed by atoms with van der Waals surface area (Å²) in [7, 11) is 0. The maximum Gasteiger partial charge on any atom is 0.262 e. The van der Waals surface area contributed by atoms with Gasteiger partial charge in [-0.1, -0.05) is 32.4 Å². The van der Waals surface area contributed by atoms with Crippen molar-refractivity contribution >= 4 is 23.2 Å². The summed E-state index contributed by atoms with van der Waals surface area (Å²) >= 11 is 0. The van der Waals surface area contributed by atoms with E-state index in [-0.39, 0.29) is 17.7 Å². The van der Waals surface area contributed by atoms with Crippen LogP contribution >= 0.6 is 0 Å². The van der Waals surface area contributed by atoms with Crippen LogP contribution in [0, 0.1) is 5.92 Å². The van der Waals surface area contributed by atoms with E-state index in [1.165, 1.54) is 6.20 Å². The molecule has 1 aliphatic rings. The zero-order valence-electron chi connectivity index (χ0n) is 12.5. The van der Waals surface area contributed by atoms with E-state index in [0.717, 1.165) is 12.1 Å². The second kappa shape index (κ2) is 5.63. The van der Waals surface area contributed by atoms with Gasteiger partial charge in [-0.15, -0.1) is 0 Å². The molecule has 0 spiro atoms. The van der Waals surface area contributed by atoms with Crippen LogP contribution in [-0.4, -0.2) is 28.1 Å². The maximum atomic E-state index is 12.9. The lowest BCUT2D eigenvalue weighted by molar-refractivity contribution is -0.118. The predicted molar refractivity (Wildman–Crippen MR) is 83.7 cm³/mol. The molecule has 2 heterocycles. The van der Waals surface area contributed by atoms with Gasteiger partial charge in [0, 0.05) is 6.20 Å². The average Bonchev–Trinajstić information content (AvgIpc) is 3.06. The van der Waals surface area contributed by atoms with Crippen molar-refractivity contribution in [2.24, 2.45) is 5.92 Å². The minimum absolute atomic E-state index is 0.0456. The summed E-state index contributed by atoms with van der Waals surface area (Å²) < 4.78 is 0. The van der Waals surface area contributed by atoms with Crippen LogP contribution in [0.4, 0.5) is 11.4 Å². The number of anilines is 2. The molecule has 22 heavy (non-hydrogen) atoms. The van der Waals surface area contributed by atoms with Crippen molar-refractivity contribution in [3.8, 4) is 0 Å². The third-order valence-electron chi connectivity index (χ3n) is 4.12. The Bertz CT molecular complexity index is 696. The van der Waals surface area contributed by atoms with Gasteiger partial charge in [-0.25, -0.2) is 0 Å². The molecule has 2 aromatic rings. The van der Waals surface area contributed by atoms with Crippen molar-refractivity contribution in [2.75, 3.05) is 10.2 Å². The Hall–Kier alpha value is -2.63. The molecule has 6 nitrogen and oxygen atoms in total. The van der Waals surface area contributed by atoms with E-state index in [1.54, 1.807) is 17.2 Å². The Kier molecular flexibility index (Phi) is 3.66. The molecule has 0 bridgehead atoms. The fraction of sp³-hybridized carbons (Fsp3) is 0.312. The third kappa shape index (κ3) is 2.26. The first-order valence-corrected chi connectivity index (χ1v) is 7.35. The molecular formula is C16H18N4O2. The number of amides is 2. The molecule has 0 radical (unpaired) electrons. The average molecular weight is 298 g/mol. The Balaban J connectivity index is 2.11. The fourth-order valence-corrected chi connectivity index (χ4v) is 2.74. The zero-order chi connectivity index (χ0) is 15.7. The highest BCUT2D eigenvalue weighted by molar-refractivity contribution is 6.16. The van der Waals surface area contributed by atoms with Crippen LogP contribution in [0.2, 0.25) is 0 Å². The van der Waals surface area contributed by atoms with Crippen molar-refractivity contribution < 1.29 is 9.59 Å². The van der Waals surface area contributed by atoms with Gasteiger partial charge in [0.15, 0.2) is 0 Å². The van der Waals surface area contributed by atoms with Gasteiger partial charge in [-0.2, -0.15) is 5.10 Å². The Morgan fingerprint density at radius 2 is 2.18 bits per heavy atom. The van der Waals surface area contributed by atoms with Gasteiger partial charge in [0.25, 0.3) is 5.91 Å². The lowest BCUT2D eigenvalue weighted by atomic mass is 9.93. The smallest absolute Gasteiger partial charge is 0.262 e. The van der Waals surface area contributed by atoms with Crippen molar-refractivity contribution in [1.29, 1.82) is 0 Å². The van der Waals surface area contributed by atoms with E-state index in [1.807, 2.05) is 32.0 Å². The highest BCUT2D eigenvalue weighted by atomic mass is 16.2. The fourth-order valence-electron chi connectivity index (χ4n) is 2.74. The molecule has 0 saturated heterocycles. The number of aromatic amines is 1. The van der Waals surface area contributed by atoms with Gasteiger partial charge in [0.1, 0.15) is 6.04 Å². The molecule has 114 valence electrons. The van der Waals surface area contributed by atoms with E-state index >= 15 is 0 Å². The zero-order valence-corrected chi connectivity index (χ0v) is 12.5. The Morgan fingerprint density at radius 1 is 1.41 bits per heavy atom. The molecule has 2 unspecified atom stereocenters. The summed E-state index contributed by atoms with van der Waals surface area (Å²) in [6.45, 7) is 3.99. The van der Waals surface area contributed by atoms with Gasteiger partial charge in [0.05, 0.1) is 23.1 Å². The van der Waals surface area contributed by atoms with Gasteiger partial charge in [-0.3, -0.25) is 19.6 Å². The van der Waals surface area contributed by atoms with Crippen molar-refractivity contribution in [3.05, 3.63) is 42.2 Å². The minimum atomic E-state index is -0.526. The number of carbonyl (C=O) groups excluding carboxylic acids is 2. The SMILES string of the molecule is CCC(C)C1C(=O)Nc2ccccc2N1C(=O)c1cn[nH]c1. The maximum absolute atomic E-state index is 12.9. The van der Waals surface area contributed by atoms with Gasteiger partial charge in [-0.05, 0) is 18.1 Å². The monoisotopic (exact) mass is 298 g/mol. The quantitative estimate of drug-likeness (QED) is 0.913. The van der Waals surface area contributed by atoms with Crippen molar-refractivity contribution in [1.82, 2.24) is 10.2 Å². The lowest BCUT2D eigenvalue weighted by Gasteiger charge is -2.39. The standard InChI is InChI=1S/C16H18N4O2/c1-3-10(2)14-15(21)19-12-6-4-5-7-13(12)20(14)16(22)11-8-17-18-9-11/h4-10,14H,3H2,1-2H3,(H,17,18)(H,19,21). The molecule has 3 rings (SSSR count). The van der Waals surface area contributed by atoms with E-state index in [0.29, 0.717) is 11.3 Å². The number of hydrogen-bond acceptors (Lipinski definition) is 3. The summed E-state index contributed by atoms with van der Waals surface area (Å²) in [5.74, 6) is -0.324. The van der Waals surface area contributed by atoms with Gasteiger partial charge in [0.2, 0.25) is 5.91 Å². The van der Waals surface area contributed by atoms with Crippen LogP contribution in [-0.2, 0) is 4.79 Å². The topological polar surface area (TPSA) is 78.1 Å². The second-order valence-corrected chi connectivity index (χ2v) is 5.50. The second-order valence-electron chi connectivity index (χ2n) is 5.50. The molecule has 0 aliphatic carbocycles. The minimum Gasteiger partial charge on any atom is -0.322 e. The number of hydrogen-bond donors (Lipinski definition) is 2. The van der Waals surface area contributed by atoms with E-state index < -0.39 is 6.04 Å². The van der Waals surface area contributed by atoms with Crippen LogP contribution in [0.1, 0.15) is 30.6 Å². The summed E-state index contributed by atoms with van der Waals surface area (Å²) in [4.78, 5) is 27.0. The van der Waals surface area contributed by atoms with E-state index in [4.69, 9.17) is 0 Å². The number of para-hydroxylation sites is 2. The largest absolute Gasteiger partial charge is 0.322 e. The number of H-pyrrole nitrogens is 1. The molecule has 2 N–H and O–H groups in total. The summed E-state index contributed by atoms with van der Waals surface area (Å²) in [6, 6.07) is 6.82. The first-order chi connectivity index (χ1) is 10.6. The summed E-state index contributed by atoms with van der Waals surface area (Å²) in [6.07, 6.45) is 3.83. The van der Waals surface area contributed by atoms with Gasteiger partial charge >= 0.3 is 0 Å². The van der Waals surface area contributed by atoms with Crippen LogP contribution in [0.25, 0.3) is 0 Å². The number of rotatable bonds is 3. The Labute approximate surface area is 128 Å². The van der Waals surface area contributed by atoms with Crippen LogP contribution < -0.4 is 10.2 Å². The first-order valence-electron chi connectivity index (χ1n) is 7.35. The normalized spacial score (nSPS) is 18.5. The molecule has 2 atom stereocenters. The molecule has 1 aromatic heterocycles. The summed E-state index contributed by atoms with van der Waals surface area (Å²) in [5, 5.41) is 9.37. The molecule has 6 heteroatoms. The number of benzene rings is 1. The lowest BCUT2D eigenvalue weighted by Crippen LogP contribution is -2.54. The number of nitrogens with one attached hydrogen (secondary N) is 2. The van der Waals surface area contributed by atoms with Crippen molar-refractivity contribution in [3.63, 3.8) is 0 Å². The number of nitrogens with zero attached hydrogens (tertiary/aromatic N) is 2. The molecule has 1 aromatic carbocycles. The molecular weight excluding hydrogens is 280 g/mol. The highest BCUT2D eigenvalue weighted by Gasteiger charge is 2.39. The molecule has 0 saturated carbocycles. The highest BCUT2D eigenvalue weighted by Crippen LogP contribution is 2.35. The molecule has 1 aliphatic heterocycles. The van der Waals surface area contributed by atoms with Crippen LogP contribution in [0.15, 0.2) is 36.7 Å². The predicted octanol–water partition coefficient (Wildman–Crippen LogP) is 2.42. The third-order valence-corrected chi connectivity index (χ3v) is 4.12. The number of carbonyl (C=O) groups is 2. The molecule has 0 fully saturated rings. The van der Waals surface area contributed by atoms with Crippen molar-refractivity contribution in [2.45, 2.75) is 26.3 Å².